The van der Waals surface area contributed by atoms with E-state index in [0.717, 1.165) is 36.6 Å². The van der Waals surface area contributed by atoms with Crippen molar-refractivity contribution in [3.8, 4) is 11.5 Å². The molecule has 3 rings (SSSR count). The summed E-state index contributed by atoms with van der Waals surface area (Å²) in [6.07, 6.45) is 0.884. The van der Waals surface area contributed by atoms with Crippen LogP contribution < -0.4 is 14.8 Å². The minimum Gasteiger partial charge on any atom is -0.490 e. The molecule has 0 saturated heterocycles. The van der Waals surface area contributed by atoms with Gasteiger partial charge >= 0.3 is 0 Å². The van der Waals surface area contributed by atoms with Crippen LogP contribution in [-0.2, 0) is 17.9 Å². The maximum Gasteiger partial charge on any atom is 0.226 e. The third-order valence-corrected chi connectivity index (χ3v) is 5.37. The zero-order valence-corrected chi connectivity index (χ0v) is 19.3. The van der Waals surface area contributed by atoms with E-state index < -0.39 is 0 Å². The maximum absolute atomic E-state index is 13.3. The van der Waals surface area contributed by atoms with E-state index in [-0.39, 0.29) is 11.8 Å². The monoisotopic (exact) mass is 424 g/mol. The summed E-state index contributed by atoms with van der Waals surface area (Å²) >= 11 is 0. The molecule has 1 N–H and O–H groups in total. The fourth-order valence-electron chi connectivity index (χ4n) is 3.85. The van der Waals surface area contributed by atoms with Crippen LogP contribution in [0.15, 0.2) is 42.5 Å². The largest absolute Gasteiger partial charge is 0.490 e. The van der Waals surface area contributed by atoms with Crippen molar-refractivity contribution in [3.05, 3.63) is 59.2 Å². The van der Waals surface area contributed by atoms with E-state index in [9.17, 15) is 4.79 Å². The Labute approximate surface area is 186 Å². The zero-order chi connectivity index (χ0) is 22.2. The van der Waals surface area contributed by atoms with Crippen LogP contribution in [0.4, 0.5) is 0 Å². The van der Waals surface area contributed by atoms with Crippen LogP contribution in [0.3, 0.4) is 0 Å². The second-order valence-electron chi connectivity index (χ2n) is 8.97. The van der Waals surface area contributed by atoms with Crippen LogP contribution in [0.1, 0.15) is 43.9 Å². The van der Waals surface area contributed by atoms with Gasteiger partial charge in [-0.1, -0.05) is 56.7 Å². The van der Waals surface area contributed by atoms with E-state index >= 15 is 0 Å². The molecule has 0 bridgehead atoms. The Kier molecular flexibility index (Phi) is 8.35. The van der Waals surface area contributed by atoms with E-state index in [1.165, 1.54) is 11.1 Å². The Morgan fingerprint density at radius 2 is 1.81 bits per heavy atom. The van der Waals surface area contributed by atoms with Gasteiger partial charge in [-0.25, -0.2) is 0 Å². The Balaban J connectivity index is 1.61. The summed E-state index contributed by atoms with van der Waals surface area (Å²) in [6, 6.07) is 14.5. The molecule has 2 aromatic rings. The van der Waals surface area contributed by atoms with Crippen molar-refractivity contribution in [3.63, 3.8) is 0 Å². The molecule has 0 aromatic heterocycles. The number of carbonyl (C=O) groups excluding carboxylic acids is 1. The van der Waals surface area contributed by atoms with Crippen molar-refractivity contribution < 1.29 is 14.3 Å². The minimum atomic E-state index is -0.0935. The first-order valence-electron chi connectivity index (χ1n) is 11.4. The van der Waals surface area contributed by atoms with Gasteiger partial charge in [-0.05, 0) is 36.1 Å². The molecule has 0 fully saturated rings. The van der Waals surface area contributed by atoms with Crippen molar-refractivity contribution in [2.24, 2.45) is 11.8 Å². The van der Waals surface area contributed by atoms with Gasteiger partial charge < -0.3 is 19.7 Å². The molecule has 5 nitrogen and oxygen atoms in total. The molecule has 0 aliphatic carbocycles. The quantitative estimate of drug-likeness (QED) is 0.641. The van der Waals surface area contributed by atoms with Gasteiger partial charge in [-0.2, -0.15) is 0 Å². The fraction of sp³-hybridized carbons (Fsp3) is 0.500. The van der Waals surface area contributed by atoms with Gasteiger partial charge in [0.15, 0.2) is 11.5 Å². The molecule has 31 heavy (non-hydrogen) atoms. The molecule has 1 aliphatic heterocycles. The molecule has 1 aliphatic rings. The first kappa shape index (κ1) is 23.1. The lowest BCUT2D eigenvalue weighted by Crippen LogP contribution is -2.40. The van der Waals surface area contributed by atoms with Crippen LogP contribution >= 0.6 is 0 Å². The third-order valence-electron chi connectivity index (χ3n) is 5.37. The molecule has 1 heterocycles. The van der Waals surface area contributed by atoms with Gasteiger partial charge in [-0.3, -0.25) is 4.79 Å². The number of carbonyl (C=O) groups is 1. The Bertz CT molecular complexity index is 865. The molecule has 5 heteroatoms. The number of rotatable bonds is 9. The van der Waals surface area contributed by atoms with Crippen molar-refractivity contribution >= 4 is 5.91 Å². The lowest BCUT2D eigenvalue weighted by Gasteiger charge is -2.28. The third kappa shape index (κ3) is 7.00. The summed E-state index contributed by atoms with van der Waals surface area (Å²) in [5.41, 5.74) is 3.56. The fourth-order valence-corrected chi connectivity index (χ4v) is 3.85. The summed E-state index contributed by atoms with van der Waals surface area (Å²) < 4.78 is 11.6. The Hall–Kier alpha value is -2.53. The van der Waals surface area contributed by atoms with Gasteiger partial charge in [0.05, 0.1) is 13.2 Å². The summed E-state index contributed by atoms with van der Waals surface area (Å²) in [7, 11) is 0. The zero-order valence-electron chi connectivity index (χ0n) is 19.3. The molecule has 2 aromatic carbocycles. The van der Waals surface area contributed by atoms with Crippen molar-refractivity contribution in [2.45, 2.75) is 47.2 Å². The van der Waals surface area contributed by atoms with Crippen LogP contribution in [0, 0.1) is 18.8 Å². The number of nitrogens with zero attached hydrogens (tertiary/aromatic N) is 1. The van der Waals surface area contributed by atoms with Gasteiger partial charge in [-0.15, -0.1) is 0 Å². The number of ether oxygens (including phenoxy) is 2. The van der Waals surface area contributed by atoms with E-state index in [2.05, 4.69) is 50.4 Å². The first-order chi connectivity index (χ1) is 14.9. The molecule has 1 unspecified atom stereocenters. The summed E-state index contributed by atoms with van der Waals surface area (Å²) in [4.78, 5) is 15.2. The molecule has 0 saturated carbocycles. The van der Waals surface area contributed by atoms with Crippen LogP contribution in [-0.4, -0.2) is 37.1 Å². The molecule has 1 amide bonds. The van der Waals surface area contributed by atoms with Crippen molar-refractivity contribution in [1.82, 2.24) is 10.2 Å². The predicted molar refractivity (Wildman–Crippen MR) is 124 cm³/mol. The summed E-state index contributed by atoms with van der Waals surface area (Å²) in [5, 5.41) is 3.45. The van der Waals surface area contributed by atoms with E-state index in [4.69, 9.17) is 9.47 Å². The molecule has 168 valence electrons. The molecular formula is C26H36N2O3. The lowest BCUT2D eigenvalue weighted by atomic mass is 10.1. The van der Waals surface area contributed by atoms with Gasteiger partial charge in [0.2, 0.25) is 5.91 Å². The first-order valence-corrected chi connectivity index (χ1v) is 11.4. The summed E-state index contributed by atoms with van der Waals surface area (Å²) in [6.45, 7) is 12.5. The van der Waals surface area contributed by atoms with E-state index in [1.807, 2.05) is 30.0 Å². The number of benzene rings is 2. The standard InChI is InChI=1S/C26H36N2O3/c1-19(2)17-28(18-23-9-10-24-25(14-23)31-12-6-11-30-24)26(29)21(4)15-27-16-22-8-5-7-20(3)13-22/h5,7-10,13-14,19,21,27H,6,11-12,15-18H2,1-4H3. The van der Waals surface area contributed by atoms with Gasteiger partial charge in [0.1, 0.15) is 0 Å². The van der Waals surface area contributed by atoms with E-state index in [1.54, 1.807) is 0 Å². The van der Waals surface area contributed by atoms with Gasteiger partial charge in [0.25, 0.3) is 0 Å². The van der Waals surface area contributed by atoms with Crippen LogP contribution in [0.25, 0.3) is 0 Å². The second kappa shape index (κ2) is 11.2. The van der Waals surface area contributed by atoms with Crippen molar-refractivity contribution in [2.75, 3.05) is 26.3 Å². The SMILES string of the molecule is Cc1cccc(CNCC(C)C(=O)N(Cc2ccc3c(c2)OCCCO3)CC(C)C)c1. The number of aryl methyl sites for hydroxylation is 1. The molecule has 1 atom stereocenters. The molecular weight excluding hydrogens is 388 g/mol. The van der Waals surface area contributed by atoms with Crippen LogP contribution in [0.2, 0.25) is 0 Å². The Morgan fingerprint density at radius 1 is 1.03 bits per heavy atom. The maximum atomic E-state index is 13.3. The highest BCUT2D eigenvalue weighted by atomic mass is 16.5. The normalized spacial score (nSPS) is 14.2. The number of nitrogens with one attached hydrogen (secondary N) is 1. The predicted octanol–water partition coefficient (Wildman–Crippen LogP) is 4.57. The molecule has 0 spiro atoms. The van der Waals surface area contributed by atoms with Gasteiger partial charge in [0, 0.05) is 38.5 Å². The highest BCUT2D eigenvalue weighted by molar-refractivity contribution is 5.78. The van der Waals surface area contributed by atoms with E-state index in [0.29, 0.717) is 32.2 Å². The topological polar surface area (TPSA) is 50.8 Å². The average molecular weight is 425 g/mol. The Morgan fingerprint density at radius 3 is 2.55 bits per heavy atom. The second-order valence-corrected chi connectivity index (χ2v) is 8.97. The van der Waals surface area contributed by atoms with Crippen LogP contribution in [0.5, 0.6) is 11.5 Å². The highest BCUT2D eigenvalue weighted by Gasteiger charge is 2.22. The number of hydrogen-bond donors (Lipinski definition) is 1. The lowest BCUT2D eigenvalue weighted by molar-refractivity contribution is -0.136. The number of hydrogen-bond acceptors (Lipinski definition) is 4. The molecule has 0 radical (unpaired) electrons. The minimum absolute atomic E-state index is 0.0935. The summed E-state index contributed by atoms with van der Waals surface area (Å²) in [5.74, 6) is 2.05. The number of amides is 1. The smallest absolute Gasteiger partial charge is 0.226 e. The average Bonchev–Trinajstić information content (AvgIpc) is 2.97. The van der Waals surface area contributed by atoms with Crippen molar-refractivity contribution in [1.29, 1.82) is 0 Å². The highest BCUT2D eigenvalue weighted by Crippen LogP contribution is 2.31. The number of fused-ring (bicyclic) bond motifs is 1.